The van der Waals surface area contributed by atoms with E-state index in [1.54, 1.807) is 39.8 Å². The van der Waals surface area contributed by atoms with Gasteiger partial charge in [0.1, 0.15) is 0 Å². The zero-order valence-corrected chi connectivity index (χ0v) is 14.7. The molecule has 0 fully saturated rings. The van der Waals surface area contributed by atoms with Gasteiger partial charge >= 0.3 is 0 Å². The number of carbonyl (C=O) groups excluding carboxylic acids is 1. The molecule has 0 aliphatic heterocycles. The van der Waals surface area contributed by atoms with E-state index in [1.807, 2.05) is 0 Å². The molecule has 1 amide bonds. The molecule has 0 bridgehead atoms. The number of carbonyl (C=O) groups is 1. The molecule has 0 spiro atoms. The van der Waals surface area contributed by atoms with Gasteiger partial charge in [0.05, 0.1) is 4.90 Å². The third-order valence-electron chi connectivity index (χ3n) is 2.44. The summed E-state index contributed by atoms with van der Waals surface area (Å²) in [5, 5.41) is 5.50. The van der Waals surface area contributed by atoms with Crippen molar-refractivity contribution in [2.24, 2.45) is 0 Å². The van der Waals surface area contributed by atoms with Crippen molar-refractivity contribution in [1.29, 1.82) is 0 Å². The summed E-state index contributed by atoms with van der Waals surface area (Å²) in [6, 6.07) is 6.12. The Morgan fingerprint density at radius 1 is 1.18 bits per heavy atom. The Bertz CT molecular complexity index is 647. The minimum atomic E-state index is -3.57. The highest BCUT2D eigenvalue weighted by atomic mass is 32.2. The molecule has 0 aliphatic carbocycles. The summed E-state index contributed by atoms with van der Waals surface area (Å²) in [6.45, 7) is 7.04. The summed E-state index contributed by atoms with van der Waals surface area (Å²) in [5.74, 6) is -0.189. The first-order valence-electron chi connectivity index (χ1n) is 6.78. The monoisotopic (exact) mass is 343 g/mol. The predicted molar refractivity (Wildman–Crippen MR) is 91.2 cm³/mol. The number of thiocarbonyl (C=S) groups is 1. The maximum Gasteiger partial charge on any atom is 0.241 e. The van der Waals surface area contributed by atoms with Crippen LogP contribution in [0.4, 0.5) is 5.69 Å². The van der Waals surface area contributed by atoms with E-state index >= 15 is 0 Å². The molecule has 0 radical (unpaired) electrons. The van der Waals surface area contributed by atoms with Crippen molar-refractivity contribution in [3.05, 3.63) is 24.3 Å². The molecule has 0 aliphatic rings. The number of hydrogen-bond acceptors (Lipinski definition) is 4. The number of benzene rings is 1. The number of hydrogen-bond donors (Lipinski definition) is 3. The molecular weight excluding hydrogens is 322 g/mol. The lowest BCUT2D eigenvalue weighted by Gasteiger charge is -2.20. The minimum absolute atomic E-state index is 0.163. The van der Waals surface area contributed by atoms with Gasteiger partial charge in [-0.2, -0.15) is 0 Å². The molecule has 0 atom stereocenters. The molecule has 1 rings (SSSR count). The van der Waals surface area contributed by atoms with Gasteiger partial charge in [0, 0.05) is 17.6 Å². The summed E-state index contributed by atoms with van der Waals surface area (Å²) in [4.78, 5) is 11.4. The molecule has 122 valence electrons. The third-order valence-corrected chi connectivity index (χ3v) is 4.42. The lowest BCUT2D eigenvalue weighted by Crippen LogP contribution is -2.40. The van der Waals surface area contributed by atoms with Crippen LogP contribution >= 0.6 is 12.2 Å². The largest absolute Gasteiger partial charge is 0.332 e. The quantitative estimate of drug-likeness (QED) is 0.728. The van der Waals surface area contributed by atoms with Crippen LogP contribution in [0.1, 0.15) is 34.1 Å². The van der Waals surface area contributed by atoms with Crippen LogP contribution in [0.2, 0.25) is 0 Å². The van der Waals surface area contributed by atoms with Crippen molar-refractivity contribution < 1.29 is 13.2 Å². The van der Waals surface area contributed by atoms with E-state index in [-0.39, 0.29) is 15.9 Å². The Labute approximate surface area is 136 Å². The van der Waals surface area contributed by atoms with Gasteiger partial charge in [-0.05, 0) is 57.3 Å². The Hall–Kier alpha value is -1.51. The van der Waals surface area contributed by atoms with Crippen LogP contribution in [0, 0.1) is 0 Å². The van der Waals surface area contributed by atoms with Crippen LogP contribution in [-0.2, 0) is 14.8 Å². The zero-order chi connectivity index (χ0) is 17.0. The molecule has 22 heavy (non-hydrogen) atoms. The molecule has 0 heterocycles. The van der Waals surface area contributed by atoms with Crippen LogP contribution in [-0.4, -0.2) is 25.0 Å². The van der Waals surface area contributed by atoms with Crippen molar-refractivity contribution in [2.75, 3.05) is 5.32 Å². The minimum Gasteiger partial charge on any atom is -0.332 e. The summed E-state index contributed by atoms with van der Waals surface area (Å²) in [5.41, 5.74) is 0.0398. The average molecular weight is 343 g/mol. The van der Waals surface area contributed by atoms with Crippen molar-refractivity contribution in [3.8, 4) is 0 Å². The fourth-order valence-electron chi connectivity index (χ4n) is 1.56. The fourth-order valence-corrected chi connectivity index (χ4v) is 3.21. The van der Waals surface area contributed by atoms with Gasteiger partial charge in [-0.25, -0.2) is 13.1 Å². The van der Waals surface area contributed by atoms with E-state index in [4.69, 9.17) is 12.2 Å². The van der Waals surface area contributed by atoms with E-state index < -0.39 is 15.6 Å². The first-order valence-corrected chi connectivity index (χ1v) is 8.67. The van der Waals surface area contributed by atoms with Crippen LogP contribution in [0.15, 0.2) is 29.2 Å². The first kappa shape index (κ1) is 18.5. The summed E-state index contributed by atoms with van der Waals surface area (Å²) in [6.07, 6.45) is 0.331. The van der Waals surface area contributed by atoms with Crippen molar-refractivity contribution in [3.63, 3.8) is 0 Å². The maximum atomic E-state index is 12.2. The van der Waals surface area contributed by atoms with Crippen LogP contribution in [0.5, 0.6) is 0 Å². The van der Waals surface area contributed by atoms with Gasteiger partial charge in [0.15, 0.2) is 5.11 Å². The second-order valence-corrected chi connectivity index (χ2v) is 7.83. The zero-order valence-electron chi connectivity index (χ0n) is 13.1. The third kappa shape index (κ3) is 6.08. The van der Waals surface area contributed by atoms with E-state index in [0.29, 0.717) is 12.1 Å². The maximum absolute atomic E-state index is 12.2. The second kappa shape index (κ2) is 7.17. The standard InChI is InChI=1S/C14H21N3O3S2/c1-5-12(18)16-13(21)15-10-6-8-11(9-7-10)22(19,20)17-14(2,3)4/h6-9,17H,5H2,1-4H3,(H2,15,16,18,21). The van der Waals surface area contributed by atoms with Gasteiger partial charge in [0.25, 0.3) is 0 Å². The highest BCUT2D eigenvalue weighted by Gasteiger charge is 2.21. The van der Waals surface area contributed by atoms with E-state index in [9.17, 15) is 13.2 Å². The number of amides is 1. The highest BCUT2D eigenvalue weighted by Crippen LogP contribution is 2.16. The number of anilines is 1. The highest BCUT2D eigenvalue weighted by molar-refractivity contribution is 7.89. The molecule has 0 saturated carbocycles. The lowest BCUT2D eigenvalue weighted by atomic mass is 10.1. The van der Waals surface area contributed by atoms with Gasteiger partial charge in [-0.15, -0.1) is 0 Å². The van der Waals surface area contributed by atoms with Crippen molar-refractivity contribution >= 4 is 38.9 Å². The molecule has 0 saturated heterocycles. The second-order valence-electron chi connectivity index (χ2n) is 5.74. The smallest absolute Gasteiger partial charge is 0.241 e. The molecule has 3 N–H and O–H groups in total. The van der Waals surface area contributed by atoms with E-state index in [0.717, 1.165) is 0 Å². The van der Waals surface area contributed by atoms with E-state index in [1.165, 1.54) is 12.1 Å². The van der Waals surface area contributed by atoms with Crippen LogP contribution in [0.3, 0.4) is 0 Å². The van der Waals surface area contributed by atoms with Crippen LogP contribution < -0.4 is 15.4 Å². The first-order chi connectivity index (χ1) is 10.0. The van der Waals surface area contributed by atoms with Crippen molar-refractivity contribution in [2.45, 2.75) is 44.6 Å². The molecule has 8 heteroatoms. The Morgan fingerprint density at radius 3 is 2.18 bits per heavy atom. The topological polar surface area (TPSA) is 87.3 Å². The van der Waals surface area contributed by atoms with Gasteiger partial charge in [-0.1, -0.05) is 6.92 Å². The molecule has 0 aromatic heterocycles. The normalized spacial score (nSPS) is 11.8. The molecular formula is C14H21N3O3S2. The van der Waals surface area contributed by atoms with E-state index in [2.05, 4.69) is 15.4 Å². The Balaban J connectivity index is 2.79. The van der Waals surface area contributed by atoms with Gasteiger partial charge < -0.3 is 10.6 Å². The molecule has 0 unspecified atom stereocenters. The lowest BCUT2D eigenvalue weighted by molar-refractivity contribution is -0.119. The predicted octanol–water partition coefficient (Wildman–Crippen LogP) is 1.99. The SMILES string of the molecule is CCC(=O)NC(=S)Nc1ccc(S(=O)(=O)NC(C)(C)C)cc1. The van der Waals surface area contributed by atoms with Gasteiger partial charge in [0.2, 0.25) is 15.9 Å². The van der Waals surface area contributed by atoms with Crippen molar-refractivity contribution in [1.82, 2.24) is 10.0 Å². The Morgan fingerprint density at radius 2 is 1.73 bits per heavy atom. The van der Waals surface area contributed by atoms with Crippen LogP contribution in [0.25, 0.3) is 0 Å². The number of nitrogens with one attached hydrogen (secondary N) is 3. The molecule has 6 nitrogen and oxygen atoms in total. The average Bonchev–Trinajstić information content (AvgIpc) is 2.36. The summed E-state index contributed by atoms with van der Waals surface area (Å²) >= 11 is 4.98. The molecule has 1 aromatic carbocycles. The fraction of sp³-hybridized carbons (Fsp3) is 0.429. The summed E-state index contributed by atoms with van der Waals surface area (Å²) < 4.78 is 26.9. The molecule has 1 aromatic rings. The number of sulfonamides is 1. The summed E-state index contributed by atoms with van der Waals surface area (Å²) in [7, 11) is -3.57. The number of rotatable bonds is 4. The van der Waals surface area contributed by atoms with Gasteiger partial charge in [-0.3, -0.25) is 4.79 Å². The Kier molecular flexibility index (Phi) is 6.04.